The van der Waals surface area contributed by atoms with Gasteiger partial charge in [0.15, 0.2) is 5.82 Å². The predicted octanol–water partition coefficient (Wildman–Crippen LogP) is 9.05. The maximum absolute atomic E-state index is 13.7. The molecule has 2 fully saturated rings. The highest BCUT2D eigenvalue weighted by Gasteiger charge is 2.36. The molecule has 2 saturated heterocycles. The van der Waals surface area contributed by atoms with Crippen LogP contribution in [0.25, 0.3) is 22.0 Å². The number of nitro groups is 1. The molecule has 15 heteroatoms. The molecule has 0 amide bonds. The van der Waals surface area contributed by atoms with Gasteiger partial charge in [-0.2, -0.15) is 0 Å². The van der Waals surface area contributed by atoms with Crippen LogP contribution in [0.3, 0.4) is 0 Å². The molecule has 0 saturated carbocycles. The molecule has 0 spiro atoms. The Labute approximate surface area is 367 Å². The van der Waals surface area contributed by atoms with Crippen LogP contribution in [0, 0.1) is 10.1 Å². The van der Waals surface area contributed by atoms with Crippen LogP contribution >= 0.6 is 11.8 Å². The minimum Gasteiger partial charge on any atom is -0.378 e. The Bertz CT molecular complexity index is 2600. The molecule has 13 nitrogen and oxygen atoms in total. The monoisotopic (exact) mass is 873 g/mol. The number of nitrogens with zero attached hydrogens (tertiary/aromatic N) is 5. The van der Waals surface area contributed by atoms with Crippen molar-refractivity contribution in [3.63, 3.8) is 0 Å². The summed E-state index contributed by atoms with van der Waals surface area (Å²) in [5, 5.41) is 16.0. The fraction of sp³-hybridized carbons (Fsp3) is 0.319. The molecular weight excluding hydrogens is 823 g/mol. The van der Waals surface area contributed by atoms with E-state index in [2.05, 4.69) is 103 Å². The molecule has 8 rings (SSSR count). The third-order valence-electron chi connectivity index (χ3n) is 11.8. The number of nitrogens with one attached hydrogen (secondary N) is 2. The summed E-state index contributed by atoms with van der Waals surface area (Å²) in [6.45, 7) is 6.73. The maximum atomic E-state index is 13.7. The summed E-state index contributed by atoms with van der Waals surface area (Å²) in [4.78, 5) is 25.9. The van der Waals surface area contributed by atoms with E-state index in [1.165, 1.54) is 40.8 Å². The van der Waals surface area contributed by atoms with E-state index in [1.807, 2.05) is 31.2 Å². The van der Waals surface area contributed by atoms with E-state index in [9.17, 15) is 18.5 Å². The van der Waals surface area contributed by atoms with Crippen LogP contribution in [0.5, 0.6) is 0 Å². The van der Waals surface area contributed by atoms with Crippen LogP contribution in [0.2, 0.25) is 0 Å². The van der Waals surface area contributed by atoms with Crippen LogP contribution in [0.15, 0.2) is 131 Å². The second-order valence-corrected chi connectivity index (χ2v) is 18.7. The summed E-state index contributed by atoms with van der Waals surface area (Å²) in [6.07, 6.45) is 4.49. The maximum Gasteiger partial charge on any atom is 0.293 e. The first kappa shape index (κ1) is 42.9. The van der Waals surface area contributed by atoms with Gasteiger partial charge < -0.3 is 24.6 Å². The van der Waals surface area contributed by atoms with Gasteiger partial charge >= 0.3 is 0 Å². The van der Waals surface area contributed by atoms with E-state index in [4.69, 9.17) is 9.47 Å². The van der Waals surface area contributed by atoms with Gasteiger partial charge in [0.05, 0.1) is 34.2 Å². The number of benzene rings is 5. The number of sulfonamides is 1. The molecular formula is C47H51N7O6S2. The van der Waals surface area contributed by atoms with Crippen LogP contribution in [-0.4, -0.2) is 87.2 Å². The van der Waals surface area contributed by atoms with Crippen LogP contribution in [0.1, 0.15) is 31.7 Å². The summed E-state index contributed by atoms with van der Waals surface area (Å²) >= 11 is 1.72. The average molecular weight is 874 g/mol. The van der Waals surface area contributed by atoms with Gasteiger partial charge in [0.25, 0.3) is 15.7 Å². The third kappa shape index (κ3) is 9.97. The molecule has 0 unspecified atom stereocenters. The van der Waals surface area contributed by atoms with Crippen molar-refractivity contribution in [3.8, 4) is 11.1 Å². The van der Waals surface area contributed by atoms with Crippen molar-refractivity contribution in [2.24, 2.45) is 0 Å². The van der Waals surface area contributed by atoms with Crippen LogP contribution in [-0.2, 0) is 25.9 Å². The molecule has 0 bridgehead atoms. The molecule has 2 aliphatic heterocycles. The molecule has 0 aliphatic carbocycles. The molecule has 5 aromatic carbocycles. The zero-order valence-corrected chi connectivity index (χ0v) is 36.5. The van der Waals surface area contributed by atoms with Crippen LogP contribution < -0.4 is 19.8 Å². The molecule has 2 N–H and O–H groups in total. The van der Waals surface area contributed by atoms with Gasteiger partial charge in [0, 0.05) is 73.5 Å². The van der Waals surface area contributed by atoms with Crippen molar-refractivity contribution in [2.75, 3.05) is 72.1 Å². The predicted molar refractivity (Wildman–Crippen MR) is 248 cm³/mol. The molecule has 322 valence electrons. The number of fused-ring (bicyclic) bond motifs is 1. The number of anilines is 4. The molecule has 1 atom stereocenters. The Balaban J connectivity index is 0.892. The van der Waals surface area contributed by atoms with Gasteiger partial charge in [0.1, 0.15) is 12.0 Å². The van der Waals surface area contributed by atoms with Crippen molar-refractivity contribution in [1.82, 2.24) is 9.97 Å². The van der Waals surface area contributed by atoms with Crippen molar-refractivity contribution in [1.29, 1.82) is 0 Å². The van der Waals surface area contributed by atoms with E-state index in [-0.39, 0.29) is 33.7 Å². The zero-order valence-electron chi connectivity index (χ0n) is 34.9. The van der Waals surface area contributed by atoms with Gasteiger partial charge in [-0.05, 0) is 103 Å². The number of morpholine rings is 1. The van der Waals surface area contributed by atoms with Crippen molar-refractivity contribution in [2.45, 2.75) is 54.0 Å². The Morgan fingerprint density at radius 3 is 2.32 bits per heavy atom. The lowest BCUT2D eigenvalue weighted by molar-refractivity contribution is -0.384. The first-order valence-corrected chi connectivity index (χ1v) is 23.4. The normalized spacial score (nSPS) is 15.9. The van der Waals surface area contributed by atoms with Gasteiger partial charge in [-0.25, -0.2) is 18.4 Å². The fourth-order valence-electron chi connectivity index (χ4n) is 8.27. The lowest BCUT2D eigenvalue weighted by Crippen LogP contribution is -2.47. The number of aromatic nitrogens is 2. The Hall–Kier alpha value is -5.74. The summed E-state index contributed by atoms with van der Waals surface area (Å²) in [7, 11) is -2.46. The lowest BCUT2D eigenvalue weighted by Gasteiger charge is -2.42. The van der Waals surface area contributed by atoms with Crippen molar-refractivity contribution >= 4 is 61.3 Å². The smallest absolute Gasteiger partial charge is 0.293 e. The molecule has 1 aromatic heterocycles. The largest absolute Gasteiger partial charge is 0.378 e. The van der Waals surface area contributed by atoms with E-state index in [0.29, 0.717) is 10.9 Å². The number of piperidine rings is 1. The highest BCUT2D eigenvalue weighted by molar-refractivity contribution is 7.99. The average Bonchev–Trinajstić information content (AvgIpc) is 3.30. The Kier molecular flexibility index (Phi) is 13.2. The van der Waals surface area contributed by atoms with Crippen LogP contribution in [0.4, 0.5) is 28.6 Å². The number of ether oxygens (including phenoxy) is 2. The number of hydrogen-bond donors (Lipinski definition) is 2. The van der Waals surface area contributed by atoms with E-state index in [0.717, 1.165) is 87.5 Å². The number of nitro benzene ring substituents is 1. The number of thioether (sulfide) groups is 1. The number of methoxy groups -OCH3 is 1. The van der Waals surface area contributed by atoms with Crippen molar-refractivity contribution < 1.29 is 22.8 Å². The first-order chi connectivity index (χ1) is 30.1. The van der Waals surface area contributed by atoms with Crippen molar-refractivity contribution in [3.05, 3.63) is 137 Å². The molecule has 2 aliphatic rings. The standard InChI is InChI=1S/C47H51N7O6S2/c1-34(20-29-61-39-15-12-37(13-16-39)53-25-27-60-28-26-53)50-43-19-17-40(31-45(43)54(55)56)62(57,58)51-46-42-18-14-38(30-44(42)48-33-49-46)52-23-21-47(59-2,22-24-52)32-36-10-6-7-11-41(36)35-8-4-3-5-9-35/h3-19,30-31,33-34,50H,20-29,32H2,1-2H3,(H,48,49,51)/t34-/m1/s1. The van der Waals surface area contributed by atoms with Gasteiger partial charge in [-0.15, -0.1) is 11.8 Å². The summed E-state index contributed by atoms with van der Waals surface area (Å²) < 4.78 is 41.7. The molecule has 62 heavy (non-hydrogen) atoms. The fourth-order valence-corrected chi connectivity index (χ4v) is 10.4. The van der Waals surface area contributed by atoms with Gasteiger partial charge in [0.2, 0.25) is 0 Å². The minimum absolute atomic E-state index is 0.0855. The van der Waals surface area contributed by atoms with Gasteiger partial charge in [-0.3, -0.25) is 14.8 Å². The number of rotatable bonds is 16. The van der Waals surface area contributed by atoms with E-state index in [1.54, 1.807) is 18.9 Å². The molecule has 3 heterocycles. The lowest BCUT2D eigenvalue weighted by atomic mass is 9.82. The zero-order chi connectivity index (χ0) is 43.1. The second-order valence-electron chi connectivity index (χ2n) is 15.8. The first-order valence-electron chi connectivity index (χ1n) is 20.9. The minimum atomic E-state index is -4.26. The van der Waals surface area contributed by atoms with E-state index < -0.39 is 14.9 Å². The highest BCUT2D eigenvalue weighted by Crippen LogP contribution is 2.37. The SMILES string of the molecule is COC1(Cc2ccccc2-c2ccccc2)CCN(c2ccc3c(NS(=O)(=O)c4ccc(N[C@H](C)CCSc5ccc(N6CCOCC6)cc5)c([N+](=O)[O-])c4)ncnc3c2)CC1. The summed E-state index contributed by atoms with van der Waals surface area (Å²) in [5.41, 5.74) is 5.97. The summed E-state index contributed by atoms with van der Waals surface area (Å²) in [5.74, 6) is 0.878. The Morgan fingerprint density at radius 2 is 1.58 bits per heavy atom. The van der Waals surface area contributed by atoms with E-state index >= 15 is 0 Å². The highest BCUT2D eigenvalue weighted by atomic mass is 32.2. The third-order valence-corrected chi connectivity index (χ3v) is 14.2. The topological polar surface area (TPSA) is 152 Å². The molecule has 0 radical (unpaired) electrons. The summed E-state index contributed by atoms with van der Waals surface area (Å²) in [6, 6.07) is 36.9. The second kappa shape index (κ2) is 19.1. The Morgan fingerprint density at radius 1 is 0.871 bits per heavy atom. The number of hydrogen-bond acceptors (Lipinski definition) is 12. The molecule has 6 aromatic rings. The quantitative estimate of drug-likeness (QED) is 0.0542. The van der Waals surface area contributed by atoms with Gasteiger partial charge in [-0.1, -0.05) is 54.6 Å².